The molecule has 2 rings (SSSR count). The third-order valence-electron chi connectivity index (χ3n) is 2.68. The fourth-order valence-corrected chi connectivity index (χ4v) is 1.94. The minimum absolute atomic E-state index is 0.0802. The number of ether oxygens (including phenoxy) is 2. The fraction of sp³-hybridized carbons (Fsp3) is 0.154. The molecule has 0 radical (unpaired) electrons. The number of carbonyl (C=O) groups excluding carboxylic acids is 2. The van der Waals surface area contributed by atoms with Crippen LogP contribution in [0.2, 0.25) is 0 Å². The molecule has 0 spiro atoms. The zero-order valence-corrected chi connectivity index (χ0v) is 11.7. The highest BCUT2D eigenvalue weighted by Crippen LogP contribution is 2.26. The summed E-state index contributed by atoms with van der Waals surface area (Å²) in [6.07, 6.45) is 1.55. The Morgan fingerprint density at radius 2 is 1.90 bits per heavy atom. The molecule has 1 aliphatic heterocycles. The van der Waals surface area contributed by atoms with Gasteiger partial charge in [-0.15, -0.1) is 0 Å². The second-order valence-corrected chi connectivity index (χ2v) is 4.31. The molecule has 1 heterocycles. The van der Waals surface area contributed by atoms with Crippen molar-refractivity contribution in [2.24, 2.45) is 0 Å². The average molecular weight is 292 g/mol. The Morgan fingerprint density at radius 1 is 1.15 bits per heavy atom. The van der Waals surface area contributed by atoms with E-state index < -0.39 is 11.9 Å². The van der Waals surface area contributed by atoms with Gasteiger partial charge < -0.3 is 9.47 Å². The van der Waals surface area contributed by atoms with Gasteiger partial charge in [0.2, 0.25) is 0 Å². The van der Waals surface area contributed by atoms with E-state index in [0.717, 1.165) is 0 Å². The largest absolute Gasteiger partial charge is 0.497 e. The van der Waals surface area contributed by atoms with Crippen LogP contribution in [0.15, 0.2) is 23.8 Å². The van der Waals surface area contributed by atoms with Crippen molar-refractivity contribution in [1.82, 2.24) is 10.6 Å². The Kier molecular flexibility index (Phi) is 3.99. The molecule has 1 fully saturated rings. The molecule has 1 aliphatic rings. The van der Waals surface area contributed by atoms with Crippen molar-refractivity contribution < 1.29 is 19.1 Å². The number of benzene rings is 1. The Balaban J connectivity index is 2.41. The summed E-state index contributed by atoms with van der Waals surface area (Å²) in [5.41, 5.74) is 0.847. The SMILES string of the molecule is COc1ccc(C=C2C(=O)NC(=O)NC2=S)c(OC)c1. The molecule has 104 valence electrons. The maximum atomic E-state index is 11.7. The van der Waals surface area contributed by atoms with Crippen molar-refractivity contribution in [3.05, 3.63) is 29.3 Å². The van der Waals surface area contributed by atoms with Gasteiger partial charge >= 0.3 is 6.03 Å². The lowest BCUT2D eigenvalue weighted by molar-refractivity contribution is -0.116. The molecule has 0 saturated carbocycles. The topological polar surface area (TPSA) is 76.7 Å². The molecule has 3 amide bonds. The van der Waals surface area contributed by atoms with Gasteiger partial charge in [0.15, 0.2) is 0 Å². The van der Waals surface area contributed by atoms with E-state index >= 15 is 0 Å². The number of nitrogens with one attached hydrogen (secondary N) is 2. The van der Waals surface area contributed by atoms with E-state index in [1.54, 1.807) is 31.4 Å². The number of rotatable bonds is 3. The summed E-state index contributed by atoms with van der Waals surface area (Å²) < 4.78 is 10.3. The molecule has 6 nitrogen and oxygen atoms in total. The van der Waals surface area contributed by atoms with Crippen LogP contribution in [0.3, 0.4) is 0 Å². The molecule has 1 saturated heterocycles. The Labute approximate surface area is 120 Å². The maximum Gasteiger partial charge on any atom is 0.326 e. The van der Waals surface area contributed by atoms with Crippen LogP contribution in [-0.4, -0.2) is 31.1 Å². The number of hydrogen-bond donors (Lipinski definition) is 2. The van der Waals surface area contributed by atoms with Crippen molar-refractivity contribution >= 4 is 35.2 Å². The molecule has 7 heteroatoms. The molecule has 0 aliphatic carbocycles. The highest BCUT2D eigenvalue weighted by Gasteiger charge is 2.24. The van der Waals surface area contributed by atoms with Crippen molar-refractivity contribution in [2.45, 2.75) is 0 Å². The van der Waals surface area contributed by atoms with Crippen LogP contribution in [-0.2, 0) is 4.79 Å². The van der Waals surface area contributed by atoms with Gasteiger partial charge in [0.25, 0.3) is 5.91 Å². The van der Waals surface area contributed by atoms with Gasteiger partial charge in [-0.1, -0.05) is 12.2 Å². The summed E-state index contributed by atoms with van der Waals surface area (Å²) in [6.45, 7) is 0. The normalized spacial score (nSPS) is 16.7. The van der Waals surface area contributed by atoms with Crippen LogP contribution in [0.25, 0.3) is 6.08 Å². The van der Waals surface area contributed by atoms with Crippen LogP contribution in [0.5, 0.6) is 11.5 Å². The molecule has 1 aromatic rings. The first-order valence-corrected chi connectivity index (χ1v) is 6.06. The molecule has 1 aromatic carbocycles. The predicted octanol–water partition coefficient (Wildman–Crippen LogP) is 1.25. The highest BCUT2D eigenvalue weighted by atomic mass is 32.1. The first kappa shape index (κ1) is 14.0. The quantitative estimate of drug-likeness (QED) is 0.648. The highest BCUT2D eigenvalue weighted by molar-refractivity contribution is 7.81. The smallest absolute Gasteiger partial charge is 0.326 e. The Hall–Kier alpha value is -2.41. The lowest BCUT2D eigenvalue weighted by Gasteiger charge is -2.17. The molecule has 0 atom stereocenters. The maximum absolute atomic E-state index is 11.7. The number of amides is 3. The summed E-state index contributed by atoms with van der Waals surface area (Å²) in [4.78, 5) is 22.9. The minimum Gasteiger partial charge on any atom is -0.497 e. The van der Waals surface area contributed by atoms with Gasteiger partial charge in [0.1, 0.15) is 16.5 Å². The average Bonchev–Trinajstić information content (AvgIpc) is 2.42. The number of methoxy groups -OCH3 is 2. The first-order chi connectivity index (χ1) is 9.55. The zero-order chi connectivity index (χ0) is 14.7. The number of carbonyl (C=O) groups is 2. The van der Waals surface area contributed by atoms with Crippen molar-refractivity contribution in [1.29, 1.82) is 0 Å². The van der Waals surface area contributed by atoms with Crippen molar-refractivity contribution in [2.75, 3.05) is 14.2 Å². The van der Waals surface area contributed by atoms with Gasteiger partial charge in [-0.25, -0.2) is 4.79 Å². The molecule has 0 unspecified atom stereocenters. The minimum atomic E-state index is -0.626. The van der Waals surface area contributed by atoms with E-state index in [9.17, 15) is 9.59 Å². The number of hydrogen-bond acceptors (Lipinski definition) is 5. The van der Waals surface area contributed by atoms with Gasteiger partial charge in [-0.05, 0) is 18.2 Å². The second kappa shape index (κ2) is 5.70. The van der Waals surface area contributed by atoms with E-state index in [-0.39, 0.29) is 10.6 Å². The Bertz CT molecular complexity index is 603. The number of urea groups is 1. The van der Waals surface area contributed by atoms with Crippen LogP contribution < -0.4 is 20.1 Å². The molecule has 0 bridgehead atoms. The lowest BCUT2D eigenvalue weighted by Crippen LogP contribution is -2.50. The standard InChI is InChI=1S/C13H12N2O4S/c1-18-8-4-3-7(10(6-8)19-2)5-9-11(16)14-13(17)15-12(9)20/h3-6H,1-2H3,(H2,14,15,16,17,20). The number of thiocarbonyl (C=S) groups is 1. The van der Waals surface area contributed by atoms with Gasteiger partial charge in [0.05, 0.1) is 19.8 Å². The van der Waals surface area contributed by atoms with E-state index in [1.165, 1.54) is 7.11 Å². The predicted molar refractivity (Wildman–Crippen MR) is 76.8 cm³/mol. The second-order valence-electron chi connectivity index (χ2n) is 3.90. The van der Waals surface area contributed by atoms with Crippen molar-refractivity contribution in [3.63, 3.8) is 0 Å². The van der Waals surface area contributed by atoms with Gasteiger partial charge in [-0.3, -0.25) is 15.4 Å². The van der Waals surface area contributed by atoms with E-state index in [0.29, 0.717) is 17.1 Å². The summed E-state index contributed by atoms with van der Waals surface area (Å²) in [7, 11) is 3.06. The third kappa shape index (κ3) is 2.77. The van der Waals surface area contributed by atoms with Crippen LogP contribution in [0, 0.1) is 0 Å². The number of imide groups is 1. The zero-order valence-electron chi connectivity index (χ0n) is 10.9. The van der Waals surface area contributed by atoms with Crippen LogP contribution >= 0.6 is 12.2 Å². The van der Waals surface area contributed by atoms with E-state index in [4.69, 9.17) is 21.7 Å². The molecular formula is C13H12N2O4S. The van der Waals surface area contributed by atoms with Crippen LogP contribution in [0.4, 0.5) is 4.79 Å². The molecular weight excluding hydrogens is 280 g/mol. The first-order valence-electron chi connectivity index (χ1n) is 5.65. The van der Waals surface area contributed by atoms with Crippen LogP contribution in [0.1, 0.15) is 5.56 Å². The summed E-state index contributed by atoms with van der Waals surface area (Å²) in [5, 5.41) is 4.50. The van der Waals surface area contributed by atoms with E-state index in [2.05, 4.69) is 10.6 Å². The Morgan fingerprint density at radius 3 is 2.50 bits per heavy atom. The summed E-state index contributed by atoms with van der Waals surface area (Å²) in [6, 6.07) is 4.53. The summed E-state index contributed by atoms with van der Waals surface area (Å²) in [5.74, 6) is 0.619. The third-order valence-corrected chi connectivity index (χ3v) is 3.01. The fourth-order valence-electron chi connectivity index (χ4n) is 1.70. The lowest BCUT2D eigenvalue weighted by atomic mass is 10.1. The summed E-state index contributed by atoms with van der Waals surface area (Å²) >= 11 is 4.98. The van der Waals surface area contributed by atoms with Gasteiger partial charge in [-0.2, -0.15) is 0 Å². The van der Waals surface area contributed by atoms with Gasteiger partial charge in [0, 0.05) is 11.6 Å². The monoisotopic (exact) mass is 292 g/mol. The molecule has 2 N–H and O–H groups in total. The molecule has 20 heavy (non-hydrogen) atoms. The molecule has 0 aromatic heterocycles. The van der Waals surface area contributed by atoms with E-state index in [1.807, 2.05) is 0 Å². The van der Waals surface area contributed by atoms with Crippen molar-refractivity contribution in [3.8, 4) is 11.5 Å².